The maximum absolute atomic E-state index is 9.82. The van der Waals surface area contributed by atoms with Crippen LogP contribution in [0.1, 0.15) is 5.76 Å². The fourth-order valence-corrected chi connectivity index (χ4v) is 2.14. The van der Waals surface area contributed by atoms with Gasteiger partial charge in [0.25, 0.3) is 0 Å². The van der Waals surface area contributed by atoms with Crippen molar-refractivity contribution in [2.45, 2.75) is 12.6 Å². The number of hydrogen-bond acceptors (Lipinski definition) is 4. The quantitative estimate of drug-likeness (QED) is 0.824. The molecule has 0 fully saturated rings. The Morgan fingerprint density at radius 1 is 1.20 bits per heavy atom. The van der Waals surface area contributed by atoms with Crippen molar-refractivity contribution in [1.82, 2.24) is 5.32 Å². The van der Waals surface area contributed by atoms with E-state index in [1.54, 1.807) is 24.5 Å². The Kier molecular flexibility index (Phi) is 5.73. The number of rotatable bonds is 7. The van der Waals surface area contributed by atoms with E-state index in [0.717, 1.165) is 5.76 Å². The second-order valence-electron chi connectivity index (χ2n) is 4.23. The van der Waals surface area contributed by atoms with E-state index in [4.69, 9.17) is 32.4 Å². The molecular formula is C14H15Cl2NO3. The highest BCUT2D eigenvalue weighted by Crippen LogP contribution is 2.32. The van der Waals surface area contributed by atoms with Crippen LogP contribution < -0.4 is 10.1 Å². The molecule has 20 heavy (non-hydrogen) atoms. The maximum atomic E-state index is 9.82. The number of furan rings is 1. The molecule has 0 bridgehead atoms. The second kappa shape index (κ2) is 7.55. The van der Waals surface area contributed by atoms with Crippen molar-refractivity contribution in [3.8, 4) is 5.75 Å². The van der Waals surface area contributed by atoms with Gasteiger partial charge in [0.15, 0.2) is 5.75 Å². The van der Waals surface area contributed by atoms with Gasteiger partial charge in [-0.1, -0.05) is 29.3 Å². The third kappa shape index (κ3) is 4.42. The summed E-state index contributed by atoms with van der Waals surface area (Å²) in [6.45, 7) is 1.04. The summed E-state index contributed by atoms with van der Waals surface area (Å²) in [6, 6.07) is 8.78. The Balaban J connectivity index is 1.73. The number of aliphatic hydroxyl groups excluding tert-OH is 1. The summed E-state index contributed by atoms with van der Waals surface area (Å²) in [6.07, 6.45) is 0.938. The van der Waals surface area contributed by atoms with E-state index in [2.05, 4.69) is 5.32 Å². The molecular weight excluding hydrogens is 301 g/mol. The van der Waals surface area contributed by atoms with Gasteiger partial charge in [-0.15, -0.1) is 0 Å². The molecule has 1 atom stereocenters. The van der Waals surface area contributed by atoms with Crippen LogP contribution in [0.4, 0.5) is 0 Å². The summed E-state index contributed by atoms with van der Waals surface area (Å²) < 4.78 is 10.6. The first-order chi connectivity index (χ1) is 9.66. The number of benzene rings is 1. The summed E-state index contributed by atoms with van der Waals surface area (Å²) in [7, 11) is 0. The lowest BCUT2D eigenvalue weighted by Gasteiger charge is -2.14. The van der Waals surface area contributed by atoms with E-state index in [-0.39, 0.29) is 6.61 Å². The summed E-state index contributed by atoms with van der Waals surface area (Å²) in [4.78, 5) is 0. The molecule has 4 nitrogen and oxygen atoms in total. The molecule has 6 heteroatoms. The lowest BCUT2D eigenvalue weighted by Crippen LogP contribution is -2.31. The molecule has 0 spiro atoms. The summed E-state index contributed by atoms with van der Waals surface area (Å²) in [5.41, 5.74) is 0. The largest absolute Gasteiger partial charge is 0.488 e. The number of halogens is 2. The number of para-hydroxylation sites is 1. The molecule has 1 aromatic heterocycles. The topological polar surface area (TPSA) is 54.6 Å². The predicted octanol–water partition coefficient (Wildman–Crippen LogP) is 3.12. The van der Waals surface area contributed by atoms with Gasteiger partial charge in [-0.05, 0) is 24.3 Å². The first kappa shape index (κ1) is 15.2. The van der Waals surface area contributed by atoms with Crippen LogP contribution in [-0.4, -0.2) is 24.4 Å². The highest BCUT2D eigenvalue weighted by atomic mass is 35.5. The van der Waals surface area contributed by atoms with Gasteiger partial charge in [-0.3, -0.25) is 0 Å². The zero-order chi connectivity index (χ0) is 14.4. The lowest BCUT2D eigenvalue weighted by molar-refractivity contribution is 0.106. The van der Waals surface area contributed by atoms with E-state index >= 15 is 0 Å². The molecule has 0 aliphatic rings. The minimum atomic E-state index is -0.669. The molecule has 1 aromatic carbocycles. The van der Waals surface area contributed by atoms with Crippen LogP contribution in [0.5, 0.6) is 5.75 Å². The minimum absolute atomic E-state index is 0.106. The maximum Gasteiger partial charge on any atom is 0.156 e. The van der Waals surface area contributed by atoms with E-state index < -0.39 is 6.10 Å². The summed E-state index contributed by atoms with van der Waals surface area (Å²) >= 11 is 11.9. The molecule has 0 radical (unpaired) electrons. The fraction of sp³-hybridized carbons (Fsp3) is 0.286. The average Bonchev–Trinajstić information content (AvgIpc) is 2.91. The fourth-order valence-electron chi connectivity index (χ4n) is 1.63. The highest BCUT2D eigenvalue weighted by Gasteiger charge is 2.10. The number of aliphatic hydroxyl groups is 1. The van der Waals surface area contributed by atoms with Crippen molar-refractivity contribution in [2.75, 3.05) is 13.2 Å². The number of nitrogens with one attached hydrogen (secondary N) is 1. The molecule has 1 unspecified atom stereocenters. The Hall–Kier alpha value is -1.20. The van der Waals surface area contributed by atoms with Gasteiger partial charge >= 0.3 is 0 Å². The van der Waals surface area contributed by atoms with Gasteiger partial charge in [0.1, 0.15) is 18.5 Å². The van der Waals surface area contributed by atoms with Crippen molar-refractivity contribution < 1.29 is 14.3 Å². The molecule has 0 saturated heterocycles. The highest BCUT2D eigenvalue weighted by molar-refractivity contribution is 6.37. The molecule has 2 rings (SSSR count). The van der Waals surface area contributed by atoms with Crippen LogP contribution in [0, 0.1) is 0 Å². The molecule has 0 saturated carbocycles. The van der Waals surface area contributed by atoms with Crippen LogP contribution >= 0.6 is 23.2 Å². The lowest BCUT2D eigenvalue weighted by atomic mass is 10.3. The van der Waals surface area contributed by atoms with Crippen LogP contribution in [0.3, 0.4) is 0 Å². The van der Waals surface area contributed by atoms with Gasteiger partial charge in [0.2, 0.25) is 0 Å². The Labute approximate surface area is 127 Å². The molecule has 0 aliphatic heterocycles. The predicted molar refractivity (Wildman–Crippen MR) is 78.4 cm³/mol. The zero-order valence-corrected chi connectivity index (χ0v) is 12.2. The third-order valence-corrected chi connectivity index (χ3v) is 3.19. The van der Waals surface area contributed by atoms with Crippen molar-refractivity contribution in [1.29, 1.82) is 0 Å². The monoisotopic (exact) mass is 315 g/mol. The Morgan fingerprint density at radius 2 is 1.95 bits per heavy atom. The van der Waals surface area contributed by atoms with Crippen LogP contribution in [0.15, 0.2) is 41.0 Å². The number of hydrogen-bond donors (Lipinski definition) is 2. The third-order valence-electron chi connectivity index (χ3n) is 2.60. The van der Waals surface area contributed by atoms with E-state index in [1.165, 1.54) is 0 Å². The van der Waals surface area contributed by atoms with Gasteiger partial charge < -0.3 is 19.6 Å². The molecule has 1 heterocycles. The van der Waals surface area contributed by atoms with Crippen molar-refractivity contribution in [2.24, 2.45) is 0 Å². The average molecular weight is 316 g/mol. The van der Waals surface area contributed by atoms with Crippen LogP contribution in [0.2, 0.25) is 10.0 Å². The van der Waals surface area contributed by atoms with Crippen LogP contribution in [0.25, 0.3) is 0 Å². The van der Waals surface area contributed by atoms with Crippen molar-refractivity contribution >= 4 is 23.2 Å². The zero-order valence-electron chi connectivity index (χ0n) is 10.7. The van der Waals surface area contributed by atoms with Crippen molar-refractivity contribution in [3.05, 3.63) is 52.4 Å². The first-order valence-corrected chi connectivity index (χ1v) is 6.90. The first-order valence-electron chi connectivity index (χ1n) is 6.15. The van der Waals surface area contributed by atoms with Crippen LogP contribution in [-0.2, 0) is 6.54 Å². The van der Waals surface area contributed by atoms with E-state index in [1.807, 2.05) is 12.1 Å². The molecule has 0 aliphatic carbocycles. The molecule has 2 aromatic rings. The Bertz CT molecular complexity index is 511. The van der Waals surface area contributed by atoms with Crippen molar-refractivity contribution in [3.63, 3.8) is 0 Å². The minimum Gasteiger partial charge on any atom is -0.488 e. The normalized spacial score (nSPS) is 12.3. The molecule has 0 amide bonds. The second-order valence-corrected chi connectivity index (χ2v) is 5.04. The standard InChI is InChI=1S/C14H15Cl2NO3/c15-12-4-1-5-13(16)14(12)20-9-10(18)7-17-8-11-3-2-6-19-11/h1-6,10,17-18H,7-9H2. The molecule has 108 valence electrons. The molecule has 2 N–H and O–H groups in total. The summed E-state index contributed by atoms with van der Waals surface area (Å²) in [5.74, 6) is 1.20. The van der Waals surface area contributed by atoms with E-state index in [0.29, 0.717) is 28.9 Å². The van der Waals surface area contributed by atoms with E-state index in [9.17, 15) is 5.11 Å². The summed E-state index contributed by atoms with van der Waals surface area (Å²) in [5, 5.41) is 13.7. The SMILES string of the molecule is OC(CNCc1ccco1)COc1c(Cl)cccc1Cl. The van der Waals surface area contributed by atoms with Gasteiger partial charge in [0.05, 0.1) is 22.9 Å². The van der Waals surface area contributed by atoms with Gasteiger partial charge in [0, 0.05) is 6.54 Å². The smallest absolute Gasteiger partial charge is 0.156 e. The number of ether oxygens (including phenoxy) is 1. The van der Waals surface area contributed by atoms with Gasteiger partial charge in [-0.25, -0.2) is 0 Å². The Morgan fingerprint density at radius 3 is 2.60 bits per heavy atom. The van der Waals surface area contributed by atoms with Gasteiger partial charge in [-0.2, -0.15) is 0 Å².